The molecule has 1 unspecified atom stereocenters. The maximum absolute atomic E-state index is 5.97. The van der Waals surface area contributed by atoms with E-state index in [9.17, 15) is 0 Å². The summed E-state index contributed by atoms with van der Waals surface area (Å²) in [7, 11) is 3.96. The Bertz CT molecular complexity index is 726. The SMILES string of the molecule is CNC(Cc1nccn1C)c1cc2cc(C)ccc2o1. The van der Waals surface area contributed by atoms with Crippen LogP contribution in [0.1, 0.15) is 23.2 Å². The maximum Gasteiger partial charge on any atom is 0.134 e. The molecule has 104 valence electrons. The number of imidazole rings is 1. The zero-order chi connectivity index (χ0) is 14.1. The lowest BCUT2D eigenvalue weighted by molar-refractivity contribution is 0.442. The molecule has 0 aliphatic heterocycles. The lowest BCUT2D eigenvalue weighted by Gasteiger charge is -2.13. The van der Waals surface area contributed by atoms with Gasteiger partial charge in [-0.25, -0.2) is 4.98 Å². The Hall–Kier alpha value is -2.07. The average molecular weight is 269 g/mol. The van der Waals surface area contributed by atoms with Crippen LogP contribution in [0.15, 0.2) is 41.1 Å². The van der Waals surface area contributed by atoms with Crippen molar-refractivity contribution in [2.75, 3.05) is 7.05 Å². The molecule has 4 nitrogen and oxygen atoms in total. The molecule has 2 heterocycles. The second-order valence-corrected chi connectivity index (χ2v) is 5.19. The molecule has 3 aromatic rings. The molecule has 0 aliphatic carbocycles. The summed E-state index contributed by atoms with van der Waals surface area (Å²) < 4.78 is 8.00. The summed E-state index contributed by atoms with van der Waals surface area (Å²) in [6, 6.07) is 8.50. The van der Waals surface area contributed by atoms with Gasteiger partial charge < -0.3 is 14.3 Å². The third-order valence-corrected chi connectivity index (χ3v) is 3.69. The number of likely N-dealkylation sites (N-methyl/N-ethyl adjacent to an activating group) is 1. The van der Waals surface area contributed by atoms with E-state index < -0.39 is 0 Å². The monoisotopic (exact) mass is 269 g/mol. The van der Waals surface area contributed by atoms with Crippen molar-refractivity contribution in [2.24, 2.45) is 7.05 Å². The second-order valence-electron chi connectivity index (χ2n) is 5.19. The van der Waals surface area contributed by atoms with E-state index in [4.69, 9.17) is 4.42 Å². The smallest absolute Gasteiger partial charge is 0.134 e. The van der Waals surface area contributed by atoms with Crippen molar-refractivity contribution >= 4 is 11.0 Å². The van der Waals surface area contributed by atoms with E-state index in [1.807, 2.05) is 37.1 Å². The minimum Gasteiger partial charge on any atom is -0.459 e. The summed E-state index contributed by atoms with van der Waals surface area (Å²) in [5.74, 6) is 2.00. The Balaban J connectivity index is 1.92. The fraction of sp³-hybridized carbons (Fsp3) is 0.312. The Morgan fingerprint density at radius 1 is 1.35 bits per heavy atom. The van der Waals surface area contributed by atoms with E-state index in [1.165, 1.54) is 5.56 Å². The third-order valence-electron chi connectivity index (χ3n) is 3.69. The highest BCUT2D eigenvalue weighted by atomic mass is 16.3. The van der Waals surface area contributed by atoms with Crippen molar-refractivity contribution in [3.8, 4) is 0 Å². The fourth-order valence-electron chi connectivity index (χ4n) is 2.48. The molecule has 0 aliphatic rings. The molecule has 4 heteroatoms. The number of hydrogen-bond acceptors (Lipinski definition) is 3. The van der Waals surface area contributed by atoms with E-state index in [1.54, 1.807) is 0 Å². The van der Waals surface area contributed by atoms with E-state index in [0.717, 1.165) is 29.0 Å². The number of benzene rings is 1. The molecule has 0 radical (unpaired) electrons. The van der Waals surface area contributed by atoms with Crippen LogP contribution in [0.5, 0.6) is 0 Å². The molecule has 0 fully saturated rings. The largest absolute Gasteiger partial charge is 0.459 e. The Labute approximate surface area is 118 Å². The van der Waals surface area contributed by atoms with Gasteiger partial charge in [-0.15, -0.1) is 0 Å². The van der Waals surface area contributed by atoms with Gasteiger partial charge in [0.05, 0.1) is 6.04 Å². The van der Waals surface area contributed by atoms with E-state index in [-0.39, 0.29) is 6.04 Å². The quantitative estimate of drug-likeness (QED) is 0.792. The van der Waals surface area contributed by atoms with E-state index >= 15 is 0 Å². The number of aromatic nitrogens is 2. The highest BCUT2D eigenvalue weighted by Gasteiger charge is 2.17. The molecule has 1 N–H and O–H groups in total. The van der Waals surface area contributed by atoms with Gasteiger partial charge in [0, 0.05) is 31.2 Å². The molecule has 0 amide bonds. The highest BCUT2D eigenvalue weighted by Crippen LogP contribution is 2.26. The molecule has 0 spiro atoms. The van der Waals surface area contributed by atoms with Crippen molar-refractivity contribution in [1.29, 1.82) is 0 Å². The lowest BCUT2D eigenvalue weighted by Crippen LogP contribution is -2.19. The zero-order valence-electron chi connectivity index (χ0n) is 12.1. The van der Waals surface area contributed by atoms with Gasteiger partial charge in [0.15, 0.2) is 0 Å². The van der Waals surface area contributed by atoms with Crippen LogP contribution < -0.4 is 5.32 Å². The fourth-order valence-corrected chi connectivity index (χ4v) is 2.48. The predicted octanol–water partition coefficient (Wildman–Crippen LogP) is 2.98. The maximum atomic E-state index is 5.97. The van der Waals surface area contributed by atoms with E-state index in [0.29, 0.717) is 0 Å². The molecule has 2 aromatic heterocycles. The van der Waals surface area contributed by atoms with Crippen molar-refractivity contribution in [3.63, 3.8) is 0 Å². The molecule has 0 saturated heterocycles. The van der Waals surface area contributed by atoms with Gasteiger partial charge in [-0.3, -0.25) is 0 Å². The van der Waals surface area contributed by atoms with Gasteiger partial charge in [0.1, 0.15) is 17.2 Å². The topological polar surface area (TPSA) is 43.0 Å². The summed E-state index contributed by atoms with van der Waals surface area (Å²) in [5.41, 5.74) is 2.18. The summed E-state index contributed by atoms with van der Waals surface area (Å²) in [4.78, 5) is 4.38. The van der Waals surface area contributed by atoms with Crippen molar-refractivity contribution in [3.05, 3.63) is 53.8 Å². The third kappa shape index (κ3) is 2.34. The van der Waals surface area contributed by atoms with Crippen molar-refractivity contribution in [2.45, 2.75) is 19.4 Å². The number of furan rings is 1. The first-order valence-corrected chi connectivity index (χ1v) is 6.81. The number of hydrogen-bond donors (Lipinski definition) is 1. The molecule has 3 rings (SSSR count). The minimum absolute atomic E-state index is 0.129. The van der Waals surface area contributed by atoms with Gasteiger partial charge >= 0.3 is 0 Å². The van der Waals surface area contributed by atoms with Crippen LogP contribution in [0.3, 0.4) is 0 Å². The van der Waals surface area contributed by atoms with Gasteiger partial charge in [-0.05, 0) is 32.2 Å². The Kier molecular flexibility index (Phi) is 3.32. The first kappa shape index (κ1) is 12.9. The summed E-state index contributed by atoms with van der Waals surface area (Å²) in [5, 5.41) is 4.47. The van der Waals surface area contributed by atoms with Crippen LogP contribution in [0.2, 0.25) is 0 Å². The number of fused-ring (bicyclic) bond motifs is 1. The van der Waals surface area contributed by atoms with Crippen LogP contribution >= 0.6 is 0 Å². The molecule has 1 atom stereocenters. The summed E-state index contributed by atoms with van der Waals surface area (Å²) >= 11 is 0. The lowest BCUT2D eigenvalue weighted by atomic mass is 10.1. The zero-order valence-corrected chi connectivity index (χ0v) is 12.1. The van der Waals surface area contributed by atoms with Crippen LogP contribution in [0, 0.1) is 6.92 Å². The molecule has 1 aromatic carbocycles. The average Bonchev–Trinajstić information content (AvgIpc) is 3.01. The van der Waals surface area contributed by atoms with Crippen LogP contribution in [-0.4, -0.2) is 16.6 Å². The minimum atomic E-state index is 0.129. The number of nitrogens with one attached hydrogen (secondary N) is 1. The molecule has 0 saturated carbocycles. The van der Waals surface area contributed by atoms with Crippen LogP contribution in [0.25, 0.3) is 11.0 Å². The Morgan fingerprint density at radius 2 is 2.20 bits per heavy atom. The summed E-state index contributed by atoms with van der Waals surface area (Å²) in [6.45, 7) is 2.09. The van der Waals surface area contributed by atoms with Crippen molar-refractivity contribution in [1.82, 2.24) is 14.9 Å². The van der Waals surface area contributed by atoms with Gasteiger partial charge in [0.25, 0.3) is 0 Å². The molecular formula is C16H19N3O. The second kappa shape index (κ2) is 5.13. The first-order valence-electron chi connectivity index (χ1n) is 6.81. The first-order chi connectivity index (χ1) is 9.67. The molecular weight excluding hydrogens is 250 g/mol. The summed E-state index contributed by atoms with van der Waals surface area (Å²) in [6.07, 6.45) is 4.59. The number of rotatable bonds is 4. The van der Waals surface area contributed by atoms with Gasteiger partial charge in [0.2, 0.25) is 0 Å². The van der Waals surface area contributed by atoms with Crippen LogP contribution in [0.4, 0.5) is 0 Å². The number of aryl methyl sites for hydroxylation is 2. The number of nitrogens with zero attached hydrogens (tertiary/aromatic N) is 2. The molecule has 0 bridgehead atoms. The van der Waals surface area contributed by atoms with E-state index in [2.05, 4.69) is 35.4 Å². The normalized spacial score (nSPS) is 12.9. The van der Waals surface area contributed by atoms with Gasteiger partial charge in [-0.2, -0.15) is 0 Å². The predicted molar refractivity (Wildman–Crippen MR) is 79.7 cm³/mol. The highest BCUT2D eigenvalue weighted by molar-refractivity contribution is 5.78. The molecule has 20 heavy (non-hydrogen) atoms. The van der Waals surface area contributed by atoms with Crippen molar-refractivity contribution < 1.29 is 4.42 Å². The standard InChI is InChI=1S/C16H19N3O/c1-11-4-5-14-12(8-11)9-15(20-14)13(17-2)10-16-18-6-7-19(16)3/h4-9,13,17H,10H2,1-3H3. The van der Waals surface area contributed by atoms with Crippen LogP contribution in [-0.2, 0) is 13.5 Å². The Morgan fingerprint density at radius 3 is 2.90 bits per heavy atom. The van der Waals surface area contributed by atoms with Gasteiger partial charge in [-0.1, -0.05) is 11.6 Å².